The Labute approximate surface area is 183 Å². The van der Waals surface area contributed by atoms with Gasteiger partial charge in [-0.15, -0.1) is 0 Å². The summed E-state index contributed by atoms with van der Waals surface area (Å²) in [6.45, 7) is 0. The van der Waals surface area contributed by atoms with Crippen LogP contribution in [0.5, 0.6) is 0 Å². The number of carbonyl (C=O) groups excluding carboxylic acids is 1. The predicted octanol–water partition coefficient (Wildman–Crippen LogP) is 5.69. The molecule has 0 aliphatic heterocycles. The van der Waals surface area contributed by atoms with Crippen LogP contribution in [0.4, 0.5) is 33.3 Å². The Morgan fingerprint density at radius 3 is 2.31 bits per heavy atom. The van der Waals surface area contributed by atoms with Gasteiger partial charge in [-0.05, 0) is 48.5 Å². The van der Waals surface area contributed by atoms with Gasteiger partial charge in [-0.2, -0.15) is 13.2 Å². The molecule has 0 aromatic heterocycles. The second-order valence-electron chi connectivity index (χ2n) is 6.40. The van der Waals surface area contributed by atoms with E-state index in [1.54, 1.807) is 0 Å². The topological polar surface area (TPSA) is 75.3 Å². The van der Waals surface area contributed by atoms with Crippen molar-refractivity contribution in [1.29, 1.82) is 0 Å². The number of sulfonamides is 1. The van der Waals surface area contributed by atoms with Crippen LogP contribution in [0, 0.1) is 11.6 Å². The van der Waals surface area contributed by atoms with E-state index in [1.165, 1.54) is 0 Å². The van der Waals surface area contributed by atoms with E-state index < -0.39 is 44.2 Å². The van der Waals surface area contributed by atoms with Crippen LogP contribution < -0.4 is 10.0 Å². The Hall–Kier alpha value is -3.18. The molecule has 0 bridgehead atoms. The molecule has 0 aliphatic rings. The summed E-state index contributed by atoms with van der Waals surface area (Å²) in [5, 5.41) is 1.96. The second-order valence-corrected chi connectivity index (χ2v) is 8.49. The number of halogens is 6. The number of nitrogens with one attached hydrogen (secondary N) is 2. The van der Waals surface area contributed by atoms with Gasteiger partial charge in [0.2, 0.25) is 0 Å². The monoisotopic (exact) mass is 490 g/mol. The molecule has 0 fully saturated rings. The zero-order chi connectivity index (χ0) is 23.7. The van der Waals surface area contributed by atoms with Crippen molar-refractivity contribution in [3.05, 3.63) is 88.4 Å². The Morgan fingerprint density at radius 2 is 1.66 bits per heavy atom. The number of alkyl halides is 3. The molecule has 3 aromatic carbocycles. The van der Waals surface area contributed by atoms with Crippen LogP contribution in [0.25, 0.3) is 0 Å². The first kappa shape index (κ1) is 23.5. The molecule has 5 nitrogen and oxygen atoms in total. The van der Waals surface area contributed by atoms with Gasteiger partial charge in [0.05, 0.1) is 26.7 Å². The lowest BCUT2D eigenvalue weighted by atomic mass is 10.2. The lowest BCUT2D eigenvalue weighted by molar-refractivity contribution is -0.137. The average Bonchev–Trinajstić information content (AvgIpc) is 2.69. The van der Waals surface area contributed by atoms with E-state index >= 15 is 0 Å². The number of anilines is 2. The Balaban J connectivity index is 1.89. The van der Waals surface area contributed by atoms with Gasteiger partial charge in [0.1, 0.15) is 11.6 Å². The third kappa shape index (κ3) is 5.35. The van der Waals surface area contributed by atoms with Gasteiger partial charge in [0, 0.05) is 11.8 Å². The lowest BCUT2D eigenvalue weighted by Gasteiger charge is -2.13. The molecule has 0 spiro atoms. The first-order chi connectivity index (χ1) is 14.9. The van der Waals surface area contributed by atoms with Gasteiger partial charge in [-0.1, -0.05) is 17.7 Å². The van der Waals surface area contributed by atoms with Crippen molar-refractivity contribution in [2.45, 2.75) is 11.1 Å². The van der Waals surface area contributed by atoms with Crippen LogP contribution in [-0.4, -0.2) is 14.3 Å². The summed E-state index contributed by atoms with van der Waals surface area (Å²) < 4.78 is 92.6. The van der Waals surface area contributed by atoms with E-state index in [0.717, 1.165) is 48.5 Å². The van der Waals surface area contributed by atoms with Crippen LogP contribution in [0.3, 0.4) is 0 Å². The van der Waals surface area contributed by atoms with Gasteiger partial charge in [-0.25, -0.2) is 17.2 Å². The van der Waals surface area contributed by atoms with Gasteiger partial charge in [-0.3, -0.25) is 9.52 Å². The lowest BCUT2D eigenvalue weighted by Crippen LogP contribution is -2.17. The Bertz CT molecular complexity index is 1300. The molecule has 3 rings (SSSR count). The molecule has 0 aliphatic carbocycles. The SMILES string of the molecule is O=C(Nc1ccc(F)cc1F)c1cc(S(=O)(=O)Nc2cccc(C(F)(F)F)c2)ccc1Cl. The van der Waals surface area contributed by atoms with Crippen molar-refractivity contribution in [3.8, 4) is 0 Å². The molecule has 0 saturated carbocycles. The fourth-order valence-corrected chi connectivity index (χ4v) is 3.88. The van der Waals surface area contributed by atoms with Crippen LogP contribution >= 0.6 is 11.6 Å². The molecule has 0 saturated heterocycles. The molecular formula is C20H12ClF5N2O3S. The number of benzene rings is 3. The molecular weight excluding hydrogens is 479 g/mol. The van der Waals surface area contributed by atoms with Crippen molar-refractivity contribution < 1.29 is 35.2 Å². The van der Waals surface area contributed by atoms with Gasteiger partial charge in [0.25, 0.3) is 15.9 Å². The molecule has 32 heavy (non-hydrogen) atoms. The zero-order valence-corrected chi connectivity index (χ0v) is 17.2. The highest BCUT2D eigenvalue weighted by Crippen LogP contribution is 2.31. The summed E-state index contributed by atoms with van der Waals surface area (Å²) in [6, 6.07) is 8.92. The minimum atomic E-state index is -4.68. The van der Waals surface area contributed by atoms with Crippen LogP contribution in [0.2, 0.25) is 5.02 Å². The zero-order valence-electron chi connectivity index (χ0n) is 15.7. The molecule has 0 radical (unpaired) electrons. The third-order valence-electron chi connectivity index (χ3n) is 4.11. The van der Waals surface area contributed by atoms with E-state index in [2.05, 4.69) is 5.32 Å². The van der Waals surface area contributed by atoms with Crippen molar-refractivity contribution in [1.82, 2.24) is 0 Å². The van der Waals surface area contributed by atoms with Crippen molar-refractivity contribution in [2.75, 3.05) is 10.0 Å². The largest absolute Gasteiger partial charge is 0.416 e. The molecule has 1 amide bonds. The van der Waals surface area contributed by atoms with E-state index in [-0.39, 0.29) is 22.0 Å². The maximum Gasteiger partial charge on any atom is 0.416 e. The number of hydrogen-bond acceptors (Lipinski definition) is 3. The molecule has 3 aromatic rings. The average molecular weight is 491 g/mol. The first-order valence-electron chi connectivity index (χ1n) is 8.63. The first-order valence-corrected chi connectivity index (χ1v) is 10.5. The quantitative estimate of drug-likeness (QED) is 0.451. The maximum atomic E-state index is 13.8. The van der Waals surface area contributed by atoms with Crippen molar-refractivity contribution in [3.63, 3.8) is 0 Å². The normalized spacial score (nSPS) is 11.8. The van der Waals surface area contributed by atoms with Gasteiger partial charge >= 0.3 is 6.18 Å². The number of amides is 1. The summed E-state index contributed by atoms with van der Waals surface area (Å²) in [5.74, 6) is -2.92. The fraction of sp³-hybridized carbons (Fsp3) is 0.0500. The number of rotatable bonds is 5. The van der Waals surface area contributed by atoms with Crippen LogP contribution in [0.1, 0.15) is 15.9 Å². The van der Waals surface area contributed by atoms with E-state index in [4.69, 9.17) is 11.6 Å². The van der Waals surface area contributed by atoms with Crippen LogP contribution in [0.15, 0.2) is 65.6 Å². The Morgan fingerprint density at radius 1 is 0.938 bits per heavy atom. The maximum absolute atomic E-state index is 13.8. The van der Waals surface area contributed by atoms with Crippen molar-refractivity contribution in [2.24, 2.45) is 0 Å². The third-order valence-corrected chi connectivity index (χ3v) is 5.82. The minimum absolute atomic E-state index is 0.178. The standard InChI is InChI=1S/C20H12ClF5N2O3S/c21-16-6-5-14(10-15(16)19(29)27-18-7-4-12(22)9-17(18)23)32(30,31)28-13-3-1-2-11(8-13)20(24,25)26/h1-10,28H,(H,27,29). The van der Waals surface area contributed by atoms with Crippen molar-refractivity contribution >= 4 is 38.9 Å². The summed E-state index contributed by atoms with van der Waals surface area (Å²) in [7, 11) is -4.41. The number of hydrogen-bond donors (Lipinski definition) is 2. The van der Waals surface area contributed by atoms with E-state index in [9.17, 15) is 35.2 Å². The van der Waals surface area contributed by atoms with E-state index in [0.29, 0.717) is 12.1 Å². The highest BCUT2D eigenvalue weighted by molar-refractivity contribution is 7.92. The highest BCUT2D eigenvalue weighted by Gasteiger charge is 2.31. The fourth-order valence-electron chi connectivity index (χ4n) is 2.60. The minimum Gasteiger partial charge on any atom is -0.319 e. The Kier molecular flexibility index (Phi) is 6.42. The summed E-state index contributed by atoms with van der Waals surface area (Å²) in [4.78, 5) is 12.0. The summed E-state index contributed by atoms with van der Waals surface area (Å²) >= 11 is 5.95. The van der Waals surface area contributed by atoms with Gasteiger partial charge < -0.3 is 5.32 Å². The number of carbonyl (C=O) groups is 1. The van der Waals surface area contributed by atoms with Gasteiger partial charge in [0.15, 0.2) is 0 Å². The molecule has 0 atom stereocenters. The van der Waals surface area contributed by atoms with Crippen LogP contribution in [-0.2, 0) is 16.2 Å². The highest BCUT2D eigenvalue weighted by atomic mass is 35.5. The molecule has 0 unspecified atom stereocenters. The summed E-state index contributed by atoms with van der Waals surface area (Å²) in [5.41, 5.74) is -2.14. The summed E-state index contributed by atoms with van der Waals surface area (Å²) in [6.07, 6.45) is -4.68. The second kappa shape index (κ2) is 8.75. The molecule has 0 heterocycles. The molecule has 12 heteroatoms. The predicted molar refractivity (Wildman–Crippen MR) is 108 cm³/mol. The molecule has 168 valence electrons. The molecule has 2 N–H and O–H groups in total. The van der Waals surface area contributed by atoms with E-state index in [1.807, 2.05) is 4.72 Å². The smallest absolute Gasteiger partial charge is 0.319 e.